The van der Waals surface area contributed by atoms with Gasteiger partial charge in [-0.3, -0.25) is 0 Å². The van der Waals surface area contributed by atoms with Gasteiger partial charge in [-0.2, -0.15) is 13.2 Å². The molecule has 0 amide bonds. The topological polar surface area (TPSA) is 34.1 Å². The average Bonchev–Trinajstić information content (AvgIpc) is 2.38. The van der Waals surface area contributed by atoms with Gasteiger partial charge in [0.05, 0.1) is 15.7 Å². The lowest BCUT2D eigenvalue weighted by Gasteiger charge is -2.14. The van der Waals surface area contributed by atoms with Crippen LogP contribution in [0.4, 0.5) is 13.2 Å². The van der Waals surface area contributed by atoms with Crippen molar-refractivity contribution in [1.82, 2.24) is 0 Å². The third-order valence-corrected chi connectivity index (χ3v) is 5.44. The van der Waals surface area contributed by atoms with Crippen LogP contribution in [0.1, 0.15) is 45.1 Å². The lowest BCUT2D eigenvalue weighted by Crippen LogP contribution is -2.18. The summed E-state index contributed by atoms with van der Waals surface area (Å²) >= 11 is 0. The first-order chi connectivity index (χ1) is 9.19. The maximum absolute atomic E-state index is 12.6. The molecule has 0 aromatic heterocycles. The van der Waals surface area contributed by atoms with Crippen molar-refractivity contribution in [3.05, 3.63) is 29.8 Å². The van der Waals surface area contributed by atoms with Crippen LogP contribution in [-0.4, -0.2) is 13.7 Å². The Labute approximate surface area is 117 Å². The Balaban J connectivity index is 2.98. The van der Waals surface area contributed by atoms with Crippen LogP contribution in [0.15, 0.2) is 29.2 Å². The van der Waals surface area contributed by atoms with Gasteiger partial charge in [-0.1, -0.05) is 32.3 Å². The predicted octanol–water partition coefficient (Wildman–Crippen LogP) is 4.45. The summed E-state index contributed by atoms with van der Waals surface area (Å²) in [6.45, 7) is 3.55. The number of hydrogen-bond acceptors (Lipinski definition) is 2. The summed E-state index contributed by atoms with van der Waals surface area (Å²) in [6.07, 6.45) is -1.42. The van der Waals surface area contributed by atoms with Gasteiger partial charge in [-0.15, -0.1) is 0 Å². The van der Waals surface area contributed by atoms with Crippen LogP contribution in [0.25, 0.3) is 0 Å². The van der Waals surface area contributed by atoms with Crippen molar-refractivity contribution in [3.8, 4) is 0 Å². The number of alkyl halides is 3. The molecule has 0 bridgehead atoms. The molecule has 0 aliphatic heterocycles. The number of unbranched alkanes of at least 4 members (excludes halogenated alkanes) is 2. The van der Waals surface area contributed by atoms with Crippen LogP contribution in [-0.2, 0) is 16.0 Å². The third kappa shape index (κ3) is 4.23. The summed E-state index contributed by atoms with van der Waals surface area (Å²) in [6, 6.07) is 3.95. The number of halogens is 3. The highest BCUT2D eigenvalue weighted by molar-refractivity contribution is 7.92. The minimum Gasteiger partial charge on any atom is -0.223 e. The standard InChI is InChI=1S/C14H19F3O2S/c1-3-4-5-7-11(2)20(18,19)13-9-6-8-12(10-13)14(15,16)17/h6,8-11H,3-5,7H2,1-2H3. The smallest absolute Gasteiger partial charge is 0.223 e. The van der Waals surface area contributed by atoms with Gasteiger partial charge >= 0.3 is 6.18 Å². The molecule has 1 aromatic carbocycles. The fraction of sp³-hybridized carbons (Fsp3) is 0.571. The van der Waals surface area contributed by atoms with E-state index >= 15 is 0 Å². The Morgan fingerprint density at radius 1 is 1.20 bits per heavy atom. The summed E-state index contributed by atoms with van der Waals surface area (Å²) in [5.41, 5.74) is -0.931. The van der Waals surface area contributed by atoms with Gasteiger partial charge < -0.3 is 0 Å². The molecule has 1 aromatic rings. The molecule has 6 heteroatoms. The zero-order valence-corrected chi connectivity index (χ0v) is 12.4. The van der Waals surface area contributed by atoms with Gasteiger partial charge in [0.15, 0.2) is 9.84 Å². The molecule has 0 saturated carbocycles. The van der Waals surface area contributed by atoms with Crippen LogP contribution in [0, 0.1) is 0 Å². The number of sulfone groups is 1. The van der Waals surface area contributed by atoms with Crippen LogP contribution < -0.4 is 0 Å². The van der Waals surface area contributed by atoms with Crippen LogP contribution >= 0.6 is 0 Å². The molecule has 1 unspecified atom stereocenters. The summed E-state index contributed by atoms with van der Waals surface area (Å²) in [5, 5.41) is -0.669. The molecule has 0 N–H and O–H groups in total. The van der Waals surface area contributed by atoms with Crippen molar-refractivity contribution >= 4 is 9.84 Å². The highest BCUT2D eigenvalue weighted by Gasteiger charge is 2.32. The highest BCUT2D eigenvalue weighted by atomic mass is 32.2. The second-order valence-corrected chi connectivity index (χ2v) is 7.24. The molecule has 0 spiro atoms. The number of benzene rings is 1. The molecule has 20 heavy (non-hydrogen) atoms. The van der Waals surface area contributed by atoms with E-state index in [2.05, 4.69) is 0 Å². The molecule has 1 rings (SSSR count). The normalized spacial score (nSPS) is 14.2. The average molecular weight is 308 g/mol. The van der Waals surface area contributed by atoms with E-state index in [1.807, 2.05) is 6.92 Å². The Bertz CT molecular complexity index is 536. The summed E-state index contributed by atoms with van der Waals surface area (Å²) in [7, 11) is -3.70. The van der Waals surface area contributed by atoms with Crippen LogP contribution in [0.3, 0.4) is 0 Å². The van der Waals surface area contributed by atoms with E-state index < -0.39 is 26.8 Å². The van der Waals surface area contributed by atoms with E-state index in [0.29, 0.717) is 12.5 Å². The molecule has 0 fully saturated rings. The van der Waals surface area contributed by atoms with E-state index in [4.69, 9.17) is 0 Å². The predicted molar refractivity (Wildman–Crippen MR) is 72.2 cm³/mol. The van der Waals surface area contributed by atoms with Gasteiger partial charge in [0.25, 0.3) is 0 Å². The van der Waals surface area contributed by atoms with Crippen molar-refractivity contribution in [3.63, 3.8) is 0 Å². The maximum Gasteiger partial charge on any atom is 0.416 e. The van der Waals surface area contributed by atoms with E-state index in [0.717, 1.165) is 31.4 Å². The van der Waals surface area contributed by atoms with Crippen molar-refractivity contribution in [2.75, 3.05) is 0 Å². The highest BCUT2D eigenvalue weighted by Crippen LogP contribution is 2.31. The van der Waals surface area contributed by atoms with Crippen molar-refractivity contribution in [2.45, 2.75) is 55.9 Å². The Morgan fingerprint density at radius 2 is 1.85 bits per heavy atom. The first-order valence-electron chi connectivity index (χ1n) is 6.60. The van der Waals surface area contributed by atoms with Crippen molar-refractivity contribution in [1.29, 1.82) is 0 Å². The Morgan fingerprint density at radius 3 is 2.40 bits per heavy atom. The van der Waals surface area contributed by atoms with E-state index in [9.17, 15) is 21.6 Å². The third-order valence-electron chi connectivity index (χ3n) is 3.23. The van der Waals surface area contributed by atoms with Crippen molar-refractivity contribution in [2.24, 2.45) is 0 Å². The molecular weight excluding hydrogens is 289 g/mol. The van der Waals surface area contributed by atoms with Gasteiger partial charge in [-0.25, -0.2) is 8.42 Å². The molecule has 0 radical (unpaired) electrons. The van der Waals surface area contributed by atoms with E-state index in [-0.39, 0.29) is 4.90 Å². The fourth-order valence-electron chi connectivity index (χ4n) is 1.92. The summed E-state index contributed by atoms with van der Waals surface area (Å²) in [5.74, 6) is 0. The minimum atomic E-state index is -4.53. The molecule has 0 aliphatic rings. The molecule has 0 saturated heterocycles. The van der Waals surface area contributed by atoms with Crippen LogP contribution in [0.5, 0.6) is 0 Å². The largest absolute Gasteiger partial charge is 0.416 e. The first-order valence-corrected chi connectivity index (χ1v) is 8.15. The number of rotatable bonds is 6. The SMILES string of the molecule is CCCCCC(C)S(=O)(=O)c1cccc(C(F)(F)F)c1. The fourth-order valence-corrected chi connectivity index (χ4v) is 3.42. The lowest BCUT2D eigenvalue weighted by molar-refractivity contribution is -0.137. The molecule has 0 aliphatic carbocycles. The van der Waals surface area contributed by atoms with Crippen molar-refractivity contribution < 1.29 is 21.6 Å². The zero-order chi connectivity index (χ0) is 15.4. The quantitative estimate of drug-likeness (QED) is 0.728. The molecule has 2 nitrogen and oxygen atoms in total. The van der Waals surface area contributed by atoms with Gasteiger partial charge in [0.1, 0.15) is 0 Å². The maximum atomic E-state index is 12.6. The first kappa shape index (κ1) is 17.0. The lowest BCUT2D eigenvalue weighted by atomic mass is 10.2. The van der Waals surface area contributed by atoms with E-state index in [1.165, 1.54) is 6.07 Å². The summed E-state index contributed by atoms with van der Waals surface area (Å²) < 4.78 is 62.3. The monoisotopic (exact) mass is 308 g/mol. The molecule has 114 valence electrons. The molecule has 0 heterocycles. The molecular formula is C14H19F3O2S. The summed E-state index contributed by atoms with van der Waals surface area (Å²) in [4.78, 5) is -0.253. The zero-order valence-electron chi connectivity index (χ0n) is 11.6. The Kier molecular flexibility index (Phi) is 5.62. The Hall–Kier alpha value is -1.04. The molecule has 1 atom stereocenters. The second-order valence-electron chi connectivity index (χ2n) is 4.88. The second kappa shape index (κ2) is 6.61. The minimum absolute atomic E-state index is 0.253. The van der Waals surface area contributed by atoms with E-state index in [1.54, 1.807) is 6.92 Å². The van der Waals surface area contributed by atoms with Gasteiger partial charge in [-0.05, 0) is 31.5 Å². The number of hydrogen-bond donors (Lipinski definition) is 0. The van der Waals surface area contributed by atoms with Gasteiger partial charge in [0, 0.05) is 0 Å². The van der Waals surface area contributed by atoms with Crippen LogP contribution in [0.2, 0.25) is 0 Å². The van der Waals surface area contributed by atoms with Gasteiger partial charge in [0.2, 0.25) is 0 Å².